The summed E-state index contributed by atoms with van der Waals surface area (Å²) in [7, 11) is 1.53. The summed E-state index contributed by atoms with van der Waals surface area (Å²) < 4.78 is 18.7. The van der Waals surface area contributed by atoms with Crippen LogP contribution in [0.3, 0.4) is 0 Å². The highest BCUT2D eigenvalue weighted by Crippen LogP contribution is 2.35. The SMILES string of the molecule is CCOC(=O)C1=C(C)N=c2s/c(=C/c3ccc(-c4ccc(C(=O)O)cc4)o3)c(=O)n2[C@H]1c1ccccc1OC. The molecule has 9 nitrogen and oxygen atoms in total. The number of furan rings is 1. The van der Waals surface area contributed by atoms with Crippen molar-refractivity contribution in [2.24, 2.45) is 4.99 Å². The molecule has 1 aliphatic heterocycles. The molecule has 0 saturated heterocycles. The fraction of sp³-hybridized carbons (Fsp3) is 0.172. The minimum atomic E-state index is -1.01. The van der Waals surface area contributed by atoms with Crippen molar-refractivity contribution in [3.63, 3.8) is 0 Å². The van der Waals surface area contributed by atoms with E-state index in [2.05, 4.69) is 4.99 Å². The number of methoxy groups -OCH3 is 1. The van der Waals surface area contributed by atoms with Gasteiger partial charge in [-0.15, -0.1) is 0 Å². The Labute approximate surface area is 226 Å². The van der Waals surface area contributed by atoms with Crippen molar-refractivity contribution in [1.29, 1.82) is 0 Å². The quantitative estimate of drug-likeness (QED) is 0.352. The van der Waals surface area contributed by atoms with Gasteiger partial charge in [-0.2, -0.15) is 0 Å². The van der Waals surface area contributed by atoms with Crippen molar-refractivity contribution >= 4 is 29.4 Å². The third kappa shape index (κ3) is 4.82. The highest BCUT2D eigenvalue weighted by atomic mass is 32.1. The van der Waals surface area contributed by atoms with Crippen molar-refractivity contribution in [2.45, 2.75) is 19.9 Å². The van der Waals surface area contributed by atoms with E-state index in [0.29, 0.717) is 43.4 Å². The molecule has 3 heterocycles. The van der Waals surface area contributed by atoms with E-state index in [-0.39, 0.29) is 23.3 Å². The first kappa shape index (κ1) is 25.9. The molecular formula is C29H24N2O7S. The van der Waals surface area contributed by atoms with E-state index in [4.69, 9.17) is 19.0 Å². The normalized spacial score (nSPS) is 15.1. The second kappa shape index (κ2) is 10.6. The summed E-state index contributed by atoms with van der Waals surface area (Å²) in [6.07, 6.45) is 1.63. The van der Waals surface area contributed by atoms with Crippen LogP contribution in [0.25, 0.3) is 17.4 Å². The number of hydrogen-bond acceptors (Lipinski definition) is 8. The number of carbonyl (C=O) groups excluding carboxylic acids is 1. The second-order valence-electron chi connectivity index (χ2n) is 8.63. The first-order chi connectivity index (χ1) is 18.8. The van der Waals surface area contributed by atoms with Crippen LogP contribution >= 0.6 is 11.3 Å². The van der Waals surface area contributed by atoms with Gasteiger partial charge in [0, 0.05) is 17.2 Å². The third-order valence-corrected chi connectivity index (χ3v) is 7.25. The van der Waals surface area contributed by atoms with Gasteiger partial charge in [-0.25, -0.2) is 14.6 Å². The average molecular weight is 545 g/mol. The van der Waals surface area contributed by atoms with Crippen LogP contribution in [0.4, 0.5) is 0 Å². The van der Waals surface area contributed by atoms with Crippen LogP contribution in [0.15, 0.2) is 86.1 Å². The van der Waals surface area contributed by atoms with E-state index in [9.17, 15) is 14.4 Å². The predicted molar refractivity (Wildman–Crippen MR) is 144 cm³/mol. The zero-order chi connectivity index (χ0) is 27.7. The topological polar surface area (TPSA) is 120 Å². The summed E-state index contributed by atoms with van der Waals surface area (Å²) in [5.41, 5.74) is 1.90. The Bertz CT molecular complexity index is 1790. The van der Waals surface area contributed by atoms with E-state index < -0.39 is 18.0 Å². The van der Waals surface area contributed by atoms with Gasteiger partial charge in [-0.3, -0.25) is 9.36 Å². The molecular weight excluding hydrogens is 520 g/mol. The number of carboxylic acid groups (broad SMARTS) is 1. The standard InChI is InChI=1S/C29H24N2O7S/c1-4-37-28(35)24-16(2)30-29-31(25(24)20-7-5-6-8-22(20)36-3)26(32)23(39-29)15-19-13-14-21(38-19)17-9-11-18(12-10-17)27(33)34/h5-15,25H,4H2,1-3H3,(H,33,34)/b23-15+/t25-/m0/s1. The van der Waals surface area contributed by atoms with Crippen LogP contribution in [-0.2, 0) is 9.53 Å². The van der Waals surface area contributed by atoms with Crippen LogP contribution in [0.5, 0.6) is 5.75 Å². The molecule has 10 heteroatoms. The summed E-state index contributed by atoms with van der Waals surface area (Å²) in [5.74, 6) is -0.0670. The molecule has 2 aromatic carbocycles. The van der Waals surface area contributed by atoms with Crippen molar-refractivity contribution in [3.05, 3.63) is 109 Å². The second-order valence-corrected chi connectivity index (χ2v) is 9.64. The lowest BCUT2D eigenvalue weighted by molar-refractivity contribution is -0.139. The molecule has 198 valence electrons. The number of carboxylic acids is 1. The molecule has 0 aliphatic carbocycles. The lowest BCUT2D eigenvalue weighted by atomic mass is 9.95. The van der Waals surface area contributed by atoms with E-state index in [1.807, 2.05) is 18.2 Å². The van der Waals surface area contributed by atoms with Crippen LogP contribution in [0.1, 0.15) is 41.6 Å². The largest absolute Gasteiger partial charge is 0.496 e. The lowest BCUT2D eigenvalue weighted by Crippen LogP contribution is -2.40. The fourth-order valence-electron chi connectivity index (χ4n) is 4.47. The van der Waals surface area contributed by atoms with Crippen LogP contribution < -0.4 is 19.6 Å². The van der Waals surface area contributed by atoms with Crippen molar-refractivity contribution in [1.82, 2.24) is 4.57 Å². The zero-order valence-corrected chi connectivity index (χ0v) is 22.2. The number of ether oxygens (including phenoxy) is 2. The maximum absolute atomic E-state index is 13.8. The molecule has 1 aliphatic rings. The fourth-order valence-corrected chi connectivity index (χ4v) is 5.50. The van der Waals surface area contributed by atoms with Gasteiger partial charge < -0.3 is 19.0 Å². The number of benzene rings is 2. The van der Waals surface area contributed by atoms with Crippen molar-refractivity contribution < 1.29 is 28.6 Å². The molecule has 2 aromatic heterocycles. The van der Waals surface area contributed by atoms with Gasteiger partial charge >= 0.3 is 11.9 Å². The Kier molecular flexibility index (Phi) is 7.03. The molecule has 1 atom stereocenters. The van der Waals surface area contributed by atoms with Crippen LogP contribution in [0, 0.1) is 0 Å². The average Bonchev–Trinajstić information content (AvgIpc) is 3.52. The molecule has 0 saturated carbocycles. The van der Waals surface area contributed by atoms with Crippen LogP contribution in [0.2, 0.25) is 0 Å². The highest BCUT2D eigenvalue weighted by Gasteiger charge is 2.35. The highest BCUT2D eigenvalue weighted by molar-refractivity contribution is 7.07. The lowest BCUT2D eigenvalue weighted by Gasteiger charge is -2.25. The first-order valence-electron chi connectivity index (χ1n) is 12.1. The van der Waals surface area contributed by atoms with Gasteiger partial charge in [0.05, 0.1) is 35.1 Å². The van der Waals surface area contributed by atoms with Gasteiger partial charge in [0.2, 0.25) is 0 Å². The Hall–Kier alpha value is -4.70. The molecule has 39 heavy (non-hydrogen) atoms. The Balaban J connectivity index is 1.62. The van der Waals surface area contributed by atoms with Gasteiger partial charge in [-0.1, -0.05) is 41.7 Å². The minimum Gasteiger partial charge on any atom is -0.496 e. The van der Waals surface area contributed by atoms with E-state index in [0.717, 1.165) is 0 Å². The summed E-state index contributed by atoms with van der Waals surface area (Å²) >= 11 is 1.19. The molecule has 5 rings (SSSR count). The number of thiazole rings is 1. The number of esters is 1. The molecule has 0 spiro atoms. The third-order valence-electron chi connectivity index (χ3n) is 6.27. The molecule has 1 N–H and O–H groups in total. The maximum atomic E-state index is 13.8. The van der Waals surface area contributed by atoms with Gasteiger partial charge in [-0.05, 0) is 44.2 Å². The molecule has 0 amide bonds. The molecule has 4 aromatic rings. The number of carbonyl (C=O) groups is 2. The van der Waals surface area contributed by atoms with Gasteiger partial charge in [0.25, 0.3) is 5.56 Å². The maximum Gasteiger partial charge on any atom is 0.338 e. The van der Waals surface area contributed by atoms with Gasteiger partial charge in [0.1, 0.15) is 23.3 Å². The minimum absolute atomic E-state index is 0.175. The smallest absolute Gasteiger partial charge is 0.338 e. The van der Waals surface area contributed by atoms with Gasteiger partial charge in [0.15, 0.2) is 4.80 Å². The van der Waals surface area contributed by atoms with E-state index in [1.165, 1.54) is 35.1 Å². The number of allylic oxidation sites excluding steroid dienone is 1. The molecule has 0 fully saturated rings. The summed E-state index contributed by atoms with van der Waals surface area (Å²) in [6.45, 7) is 3.62. The zero-order valence-electron chi connectivity index (χ0n) is 21.3. The summed E-state index contributed by atoms with van der Waals surface area (Å²) in [5, 5.41) is 9.12. The molecule has 0 bridgehead atoms. The molecule has 0 radical (unpaired) electrons. The molecule has 0 unspecified atom stereocenters. The number of fused-ring (bicyclic) bond motifs is 1. The number of nitrogens with zero attached hydrogens (tertiary/aromatic N) is 2. The summed E-state index contributed by atoms with van der Waals surface area (Å²) in [6, 6.07) is 16.2. The van der Waals surface area contributed by atoms with Crippen LogP contribution in [-0.4, -0.2) is 35.3 Å². The number of para-hydroxylation sites is 1. The number of hydrogen-bond donors (Lipinski definition) is 1. The number of rotatable bonds is 7. The van der Waals surface area contributed by atoms with Crippen molar-refractivity contribution in [3.8, 4) is 17.1 Å². The Morgan fingerprint density at radius 3 is 2.56 bits per heavy atom. The number of aromatic carboxylic acids is 1. The first-order valence-corrected chi connectivity index (χ1v) is 12.9. The Morgan fingerprint density at radius 2 is 1.87 bits per heavy atom. The van der Waals surface area contributed by atoms with E-state index >= 15 is 0 Å². The predicted octanol–water partition coefficient (Wildman–Crippen LogP) is 3.77. The summed E-state index contributed by atoms with van der Waals surface area (Å²) in [4.78, 5) is 43.0. The monoisotopic (exact) mass is 544 g/mol. The number of aromatic nitrogens is 1. The Morgan fingerprint density at radius 1 is 1.13 bits per heavy atom. The van der Waals surface area contributed by atoms with E-state index in [1.54, 1.807) is 50.3 Å². The van der Waals surface area contributed by atoms with Crippen molar-refractivity contribution in [2.75, 3.05) is 13.7 Å².